The van der Waals surface area contributed by atoms with Gasteiger partial charge in [0.25, 0.3) is 5.91 Å². The van der Waals surface area contributed by atoms with E-state index in [2.05, 4.69) is 26.6 Å². The van der Waals surface area contributed by atoms with Gasteiger partial charge in [0.05, 0.1) is 4.88 Å². The van der Waals surface area contributed by atoms with Crippen LogP contribution in [0.25, 0.3) is 10.4 Å². The van der Waals surface area contributed by atoms with Crippen molar-refractivity contribution in [2.24, 2.45) is 0 Å². The lowest BCUT2D eigenvalue weighted by atomic mass is 10.1. The van der Waals surface area contributed by atoms with E-state index in [-0.39, 0.29) is 11.8 Å². The molecule has 0 radical (unpaired) electrons. The molecule has 4 nitrogen and oxygen atoms in total. The van der Waals surface area contributed by atoms with Crippen molar-refractivity contribution in [1.29, 1.82) is 0 Å². The predicted octanol–water partition coefficient (Wildman–Crippen LogP) is 5.70. The van der Waals surface area contributed by atoms with E-state index >= 15 is 0 Å². The Labute approximate surface area is 164 Å². The van der Waals surface area contributed by atoms with Gasteiger partial charge in [-0.2, -0.15) is 0 Å². The van der Waals surface area contributed by atoms with Crippen LogP contribution in [0.2, 0.25) is 0 Å². The first-order chi connectivity index (χ1) is 12.4. The molecule has 0 atom stereocenters. The number of hydrogen-bond acceptors (Lipinski definition) is 3. The van der Waals surface area contributed by atoms with E-state index in [4.69, 9.17) is 0 Å². The number of anilines is 2. The molecule has 3 rings (SSSR count). The molecule has 2 N–H and O–H groups in total. The molecule has 26 heavy (non-hydrogen) atoms. The van der Waals surface area contributed by atoms with Gasteiger partial charge in [-0.25, -0.2) is 0 Å². The Morgan fingerprint density at radius 2 is 1.69 bits per heavy atom. The molecule has 2 amide bonds. The van der Waals surface area contributed by atoms with Crippen molar-refractivity contribution in [3.05, 3.63) is 69.5 Å². The van der Waals surface area contributed by atoms with E-state index in [1.54, 1.807) is 6.07 Å². The van der Waals surface area contributed by atoms with Gasteiger partial charge in [0.15, 0.2) is 0 Å². The molecule has 132 valence electrons. The van der Waals surface area contributed by atoms with Crippen LogP contribution in [0.5, 0.6) is 0 Å². The summed E-state index contributed by atoms with van der Waals surface area (Å²) in [6.07, 6.45) is 0. The molecule has 0 aliphatic rings. The summed E-state index contributed by atoms with van der Waals surface area (Å²) in [5.74, 6) is -0.315. The number of benzene rings is 2. The molecular formula is C20H17BrN2O2S. The Kier molecular flexibility index (Phi) is 5.54. The lowest BCUT2D eigenvalue weighted by molar-refractivity contribution is -0.114. The summed E-state index contributed by atoms with van der Waals surface area (Å²) in [4.78, 5) is 25.5. The fourth-order valence-electron chi connectivity index (χ4n) is 2.45. The molecule has 1 heterocycles. The first-order valence-corrected chi connectivity index (χ1v) is 9.59. The zero-order valence-corrected chi connectivity index (χ0v) is 16.7. The Balaban J connectivity index is 1.78. The number of halogens is 1. The van der Waals surface area contributed by atoms with Crippen molar-refractivity contribution in [3.63, 3.8) is 0 Å². The third-order valence-corrected chi connectivity index (χ3v) is 5.43. The first-order valence-electron chi connectivity index (χ1n) is 7.98. The van der Waals surface area contributed by atoms with Crippen molar-refractivity contribution in [2.45, 2.75) is 13.8 Å². The smallest absolute Gasteiger partial charge is 0.265 e. The van der Waals surface area contributed by atoms with Crippen LogP contribution in [0.3, 0.4) is 0 Å². The Morgan fingerprint density at radius 1 is 0.962 bits per heavy atom. The molecule has 0 bridgehead atoms. The summed E-state index contributed by atoms with van der Waals surface area (Å²) < 4.78 is 1.02. The van der Waals surface area contributed by atoms with Crippen molar-refractivity contribution < 1.29 is 9.59 Å². The number of hydrogen-bond donors (Lipinski definition) is 2. The quantitative estimate of drug-likeness (QED) is 0.559. The molecule has 0 saturated heterocycles. The average Bonchev–Trinajstić information content (AvgIpc) is 3.08. The molecule has 2 aromatic carbocycles. The van der Waals surface area contributed by atoms with E-state index in [0.29, 0.717) is 16.3 Å². The summed E-state index contributed by atoms with van der Waals surface area (Å²) in [5, 5.41) is 5.65. The Bertz CT molecular complexity index is 964. The molecule has 0 saturated carbocycles. The minimum absolute atomic E-state index is 0.150. The van der Waals surface area contributed by atoms with E-state index in [9.17, 15) is 9.59 Å². The summed E-state index contributed by atoms with van der Waals surface area (Å²) in [7, 11) is 0. The molecule has 0 spiro atoms. The minimum atomic E-state index is -0.165. The summed E-state index contributed by atoms with van der Waals surface area (Å²) in [5.41, 5.74) is 3.33. The van der Waals surface area contributed by atoms with Gasteiger partial charge in [-0.15, -0.1) is 11.3 Å². The number of amides is 2. The number of aryl methyl sites for hydroxylation is 1. The van der Waals surface area contributed by atoms with Crippen LogP contribution in [0.15, 0.2) is 59.1 Å². The van der Waals surface area contributed by atoms with Crippen molar-refractivity contribution in [2.75, 3.05) is 10.6 Å². The highest BCUT2D eigenvalue weighted by Gasteiger charge is 2.12. The van der Waals surface area contributed by atoms with Crippen molar-refractivity contribution >= 4 is 50.5 Å². The maximum Gasteiger partial charge on any atom is 0.265 e. The van der Waals surface area contributed by atoms with Gasteiger partial charge in [0.2, 0.25) is 5.91 Å². The maximum atomic E-state index is 12.6. The fourth-order valence-corrected chi connectivity index (χ4v) is 3.62. The van der Waals surface area contributed by atoms with Gasteiger partial charge in [-0.1, -0.05) is 34.1 Å². The number of nitrogens with one attached hydrogen (secondary N) is 2. The second-order valence-corrected chi connectivity index (χ2v) is 7.84. The van der Waals surface area contributed by atoms with Crippen LogP contribution in [0.4, 0.5) is 11.4 Å². The number of carbonyl (C=O) groups excluding carboxylic acids is 2. The summed E-state index contributed by atoms with van der Waals surface area (Å²) >= 11 is 4.87. The third-order valence-electron chi connectivity index (χ3n) is 3.76. The second-order valence-electron chi connectivity index (χ2n) is 5.84. The van der Waals surface area contributed by atoms with Gasteiger partial charge < -0.3 is 10.6 Å². The highest BCUT2D eigenvalue weighted by Crippen LogP contribution is 2.30. The molecule has 3 aromatic rings. The largest absolute Gasteiger partial charge is 0.326 e. The molecular weight excluding hydrogens is 412 g/mol. The van der Waals surface area contributed by atoms with Crippen LogP contribution in [-0.4, -0.2) is 11.8 Å². The predicted molar refractivity (Wildman–Crippen MR) is 111 cm³/mol. The van der Waals surface area contributed by atoms with E-state index in [1.807, 2.05) is 55.5 Å². The topological polar surface area (TPSA) is 58.2 Å². The minimum Gasteiger partial charge on any atom is -0.326 e. The van der Waals surface area contributed by atoms with Gasteiger partial charge in [-0.3, -0.25) is 9.59 Å². The van der Waals surface area contributed by atoms with Crippen LogP contribution in [0, 0.1) is 6.92 Å². The zero-order chi connectivity index (χ0) is 18.7. The lowest BCUT2D eigenvalue weighted by Crippen LogP contribution is -2.12. The van der Waals surface area contributed by atoms with Crippen LogP contribution in [0.1, 0.15) is 22.2 Å². The Hall–Kier alpha value is -2.44. The number of thiophene rings is 1. The van der Waals surface area contributed by atoms with Gasteiger partial charge >= 0.3 is 0 Å². The number of rotatable bonds is 4. The molecule has 0 unspecified atom stereocenters. The SMILES string of the molecule is CC(=O)Nc1ccc(C)c(NC(=O)c2ccc(-c3ccc(Br)cc3)s2)c1. The van der Waals surface area contributed by atoms with E-state index in [1.165, 1.54) is 18.3 Å². The molecule has 1 aromatic heterocycles. The normalized spacial score (nSPS) is 10.4. The van der Waals surface area contributed by atoms with E-state index in [0.717, 1.165) is 20.5 Å². The molecule has 0 fully saturated rings. The summed E-state index contributed by atoms with van der Waals surface area (Å²) in [6.45, 7) is 3.36. The monoisotopic (exact) mass is 428 g/mol. The van der Waals surface area contributed by atoms with Crippen molar-refractivity contribution in [3.8, 4) is 10.4 Å². The Morgan fingerprint density at radius 3 is 2.38 bits per heavy atom. The maximum absolute atomic E-state index is 12.6. The van der Waals surface area contributed by atoms with Gasteiger partial charge in [-0.05, 0) is 54.4 Å². The first kappa shape index (κ1) is 18.4. The van der Waals surface area contributed by atoms with Crippen LogP contribution < -0.4 is 10.6 Å². The fraction of sp³-hybridized carbons (Fsp3) is 0.100. The average molecular weight is 429 g/mol. The highest BCUT2D eigenvalue weighted by molar-refractivity contribution is 9.10. The third kappa shape index (κ3) is 4.39. The standard InChI is InChI=1S/C20H17BrN2O2S/c1-12-3-8-16(22-13(2)24)11-17(12)23-20(25)19-10-9-18(26-19)14-4-6-15(21)7-5-14/h3-11H,1-2H3,(H,22,24)(H,23,25). The van der Waals surface area contributed by atoms with Gasteiger partial charge in [0, 0.05) is 27.6 Å². The highest BCUT2D eigenvalue weighted by atomic mass is 79.9. The zero-order valence-electron chi connectivity index (χ0n) is 14.3. The molecule has 6 heteroatoms. The van der Waals surface area contributed by atoms with E-state index < -0.39 is 0 Å². The molecule has 0 aliphatic carbocycles. The summed E-state index contributed by atoms with van der Waals surface area (Å²) in [6, 6.07) is 17.2. The van der Waals surface area contributed by atoms with Crippen LogP contribution >= 0.6 is 27.3 Å². The lowest BCUT2D eigenvalue weighted by Gasteiger charge is -2.10. The van der Waals surface area contributed by atoms with Crippen molar-refractivity contribution in [1.82, 2.24) is 0 Å². The molecule has 0 aliphatic heterocycles. The second kappa shape index (κ2) is 7.85. The van der Waals surface area contributed by atoms with Crippen LogP contribution in [-0.2, 0) is 4.79 Å². The number of carbonyl (C=O) groups is 2. The van der Waals surface area contributed by atoms with Gasteiger partial charge in [0.1, 0.15) is 0 Å².